The predicted octanol–water partition coefficient (Wildman–Crippen LogP) is 1.03. The smallest absolute Gasteiger partial charge is 0.191 e. The number of hydrogen-bond donors (Lipinski definition) is 2. The number of nitrogens with zero attached hydrogens (tertiary/aromatic N) is 3. The van der Waals surface area contributed by atoms with E-state index in [0.717, 1.165) is 82.8 Å². The summed E-state index contributed by atoms with van der Waals surface area (Å²) in [6.45, 7) is 9.47. The SMILES string of the molecule is CN=C(NCCN(C)CCCOC)NCc1ccccc1OCCN1CCOCC1. The number of guanidine groups is 1. The molecular weight excluding hydrogens is 382 g/mol. The third kappa shape index (κ3) is 9.75. The van der Waals surface area contributed by atoms with Crippen LogP contribution in [0.25, 0.3) is 0 Å². The number of para-hydroxylation sites is 1. The van der Waals surface area contributed by atoms with Crippen molar-refractivity contribution in [3.05, 3.63) is 29.8 Å². The number of ether oxygens (including phenoxy) is 3. The molecule has 0 amide bonds. The van der Waals surface area contributed by atoms with Gasteiger partial charge in [-0.05, 0) is 19.5 Å². The first-order valence-corrected chi connectivity index (χ1v) is 10.9. The van der Waals surface area contributed by atoms with Gasteiger partial charge in [0.15, 0.2) is 5.96 Å². The summed E-state index contributed by atoms with van der Waals surface area (Å²) >= 11 is 0. The van der Waals surface area contributed by atoms with Crippen molar-refractivity contribution in [3.8, 4) is 5.75 Å². The summed E-state index contributed by atoms with van der Waals surface area (Å²) < 4.78 is 16.6. The molecule has 0 saturated carbocycles. The summed E-state index contributed by atoms with van der Waals surface area (Å²) in [4.78, 5) is 8.99. The number of rotatable bonds is 13. The van der Waals surface area contributed by atoms with Gasteiger partial charge in [0.05, 0.1) is 13.2 Å². The van der Waals surface area contributed by atoms with Gasteiger partial charge >= 0.3 is 0 Å². The van der Waals surface area contributed by atoms with E-state index in [4.69, 9.17) is 14.2 Å². The van der Waals surface area contributed by atoms with E-state index in [1.165, 1.54) is 0 Å². The van der Waals surface area contributed by atoms with Crippen molar-refractivity contribution < 1.29 is 14.2 Å². The number of aliphatic imine (C=N–C) groups is 1. The molecule has 0 unspecified atom stereocenters. The van der Waals surface area contributed by atoms with Crippen molar-refractivity contribution >= 4 is 5.96 Å². The molecule has 0 bridgehead atoms. The Labute approximate surface area is 181 Å². The Hall–Kier alpha value is -1.87. The molecule has 0 atom stereocenters. The van der Waals surface area contributed by atoms with Gasteiger partial charge in [0.1, 0.15) is 12.4 Å². The van der Waals surface area contributed by atoms with Gasteiger partial charge in [0.25, 0.3) is 0 Å². The number of likely N-dealkylation sites (N-methyl/N-ethyl adjacent to an activating group) is 1. The van der Waals surface area contributed by atoms with E-state index in [9.17, 15) is 0 Å². The largest absolute Gasteiger partial charge is 0.492 e. The van der Waals surface area contributed by atoms with Gasteiger partial charge in [-0.15, -0.1) is 0 Å². The second-order valence-electron chi connectivity index (χ2n) is 7.41. The third-order valence-corrected chi connectivity index (χ3v) is 5.09. The van der Waals surface area contributed by atoms with Crippen LogP contribution in [-0.2, 0) is 16.0 Å². The van der Waals surface area contributed by atoms with Crippen LogP contribution in [0.3, 0.4) is 0 Å². The lowest BCUT2D eigenvalue weighted by Crippen LogP contribution is -2.41. The van der Waals surface area contributed by atoms with E-state index < -0.39 is 0 Å². The van der Waals surface area contributed by atoms with Crippen LogP contribution in [0.5, 0.6) is 5.75 Å². The monoisotopic (exact) mass is 421 g/mol. The van der Waals surface area contributed by atoms with E-state index in [1.54, 1.807) is 14.2 Å². The van der Waals surface area contributed by atoms with Crippen molar-refractivity contribution in [2.75, 3.05) is 86.9 Å². The van der Waals surface area contributed by atoms with Gasteiger partial charge in [-0.2, -0.15) is 0 Å². The van der Waals surface area contributed by atoms with Crippen LogP contribution in [0.1, 0.15) is 12.0 Å². The first-order chi connectivity index (χ1) is 14.7. The van der Waals surface area contributed by atoms with Crippen molar-refractivity contribution in [2.24, 2.45) is 4.99 Å². The van der Waals surface area contributed by atoms with Crippen LogP contribution in [-0.4, -0.2) is 103 Å². The van der Waals surface area contributed by atoms with E-state index >= 15 is 0 Å². The molecular formula is C22H39N5O3. The molecule has 2 rings (SSSR count). The zero-order chi connectivity index (χ0) is 21.4. The maximum atomic E-state index is 6.07. The maximum Gasteiger partial charge on any atom is 0.191 e. The summed E-state index contributed by atoms with van der Waals surface area (Å²) in [5.74, 6) is 1.72. The van der Waals surface area contributed by atoms with Gasteiger partial charge in [0, 0.05) is 72.1 Å². The topological polar surface area (TPSA) is 70.6 Å². The van der Waals surface area contributed by atoms with Crippen molar-refractivity contribution in [2.45, 2.75) is 13.0 Å². The Morgan fingerprint density at radius 3 is 2.73 bits per heavy atom. The Morgan fingerprint density at radius 1 is 1.17 bits per heavy atom. The molecule has 2 N–H and O–H groups in total. The third-order valence-electron chi connectivity index (χ3n) is 5.09. The van der Waals surface area contributed by atoms with Crippen molar-refractivity contribution in [1.29, 1.82) is 0 Å². The van der Waals surface area contributed by atoms with Crippen molar-refractivity contribution in [1.82, 2.24) is 20.4 Å². The summed E-state index contributed by atoms with van der Waals surface area (Å²) in [6, 6.07) is 8.17. The van der Waals surface area contributed by atoms with E-state index in [1.807, 2.05) is 18.2 Å². The number of nitrogens with one attached hydrogen (secondary N) is 2. The van der Waals surface area contributed by atoms with Crippen LogP contribution >= 0.6 is 0 Å². The predicted molar refractivity (Wildman–Crippen MR) is 121 cm³/mol. The Bertz CT molecular complexity index is 608. The van der Waals surface area contributed by atoms with Gasteiger partial charge < -0.3 is 29.7 Å². The molecule has 0 spiro atoms. The highest BCUT2D eigenvalue weighted by Gasteiger charge is 2.11. The summed E-state index contributed by atoms with van der Waals surface area (Å²) in [5.41, 5.74) is 1.12. The van der Waals surface area contributed by atoms with Crippen LogP contribution in [0, 0.1) is 0 Å². The minimum Gasteiger partial charge on any atom is -0.492 e. The molecule has 0 aromatic heterocycles. The molecule has 1 fully saturated rings. The van der Waals surface area contributed by atoms with E-state index in [2.05, 4.69) is 38.5 Å². The molecule has 1 aliphatic heterocycles. The lowest BCUT2D eigenvalue weighted by molar-refractivity contribution is 0.0322. The van der Waals surface area contributed by atoms with Gasteiger partial charge in [-0.25, -0.2) is 0 Å². The van der Waals surface area contributed by atoms with Gasteiger partial charge in [-0.3, -0.25) is 9.89 Å². The fourth-order valence-corrected chi connectivity index (χ4v) is 3.26. The Morgan fingerprint density at radius 2 is 1.97 bits per heavy atom. The first kappa shape index (κ1) is 24.4. The first-order valence-electron chi connectivity index (χ1n) is 10.9. The van der Waals surface area contributed by atoms with Crippen molar-refractivity contribution in [3.63, 3.8) is 0 Å². The second kappa shape index (κ2) is 15.0. The molecule has 1 saturated heterocycles. The van der Waals surface area contributed by atoms with Crippen LogP contribution in [0.2, 0.25) is 0 Å². The number of methoxy groups -OCH3 is 1. The quantitative estimate of drug-likeness (QED) is 0.280. The molecule has 1 aromatic rings. The van der Waals surface area contributed by atoms with Crippen LogP contribution in [0.4, 0.5) is 0 Å². The fraction of sp³-hybridized carbons (Fsp3) is 0.682. The minimum atomic E-state index is 0.664. The lowest BCUT2D eigenvalue weighted by atomic mass is 10.2. The summed E-state index contributed by atoms with van der Waals surface area (Å²) in [5, 5.41) is 6.76. The Balaban J connectivity index is 1.70. The zero-order valence-electron chi connectivity index (χ0n) is 18.9. The maximum absolute atomic E-state index is 6.07. The molecule has 1 aromatic carbocycles. The standard InChI is InChI=1S/C22H39N5O3/c1-23-22(24-9-11-26(2)10-6-15-28-3)25-19-20-7-4-5-8-21(20)30-18-14-27-12-16-29-17-13-27/h4-5,7-8H,6,9-19H2,1-3H3,(H2,23,24,25). The Kier molecular flexibility index (Phi) is 12.2. The molecule has 30 heavy (non-hydrogen) atoms. The average molecular weight is 422 g/mol. The molecule has 1 heterocycles. The van der Waals surface area contributed by atoms with E-state index in [0.29, 0.717) is 13.2 Å². The number of morpholine rings is 1. The normalized spacial score (nSPS) is 15.4. The lowest BCUT2D eigenvalue weighted by Gasteiger charge is -2.26. The fourth-order valence-electron chi connectivity index (χ4n) is 3.26. The highest BCUT2D eigenvalue weighted by Crippen LogP contribution is 2.17. The number of benzene rings is 1. The molecule has 8 nitrogen and oxygen atoms in total. The molecule has 0 radical (unpaired) electrons. The molecule has 1 aliphatic rings. The zero-order valence-corrected chi connectivity index (χ0v) is 18.9. The number of hydrogen-bond acceptors (Lipinski definition) is 6. The van der Waals surface area contributed by atoms with Crippen LogP contribution in [0.15, 0.2) is 29.3 Å². The average Bonchev–Trinajstić information content (AvgIpc) is 2.78. The molecule has 170 valence electrons. The highest BCUT2D eigenvalue weighted by molar-refractivity contribution is 5.79. The minimum absolute atomic E-state index is 0.664. The van der Waals surface area contributed by atoms with Gasteiger partial charge in [0.2, 0.25) is 0 Å². The van der Waals surface area contributed by atoms with E-state index in [-0.39, 0.29) is 0 Å². The second-order valence-corrected chi connectivity index (χ2v) is 7.41. The highest BCUT2D eigenvalue weighted by atomic mass is 16.5. The van der Waals surface area contributed by atoms with Crippen LogP contribution < -0.4 is 15.4 Å². The summed E-state index contributed by atoms with van der Waals surface area (Å²) in [6.07, 6.45) is 1.04. The molecule has 0 aliphatic carbocycles. The summed E-state index contributed by atoms with van der Waals surface area (Å²) in [7, 11) is 5.66. The van der Waals surface area contributed by atoms with Gasteiger partial charge in [-0.1, -0.05) is 18.2 Å². The molecule has 8 heteroatoms.